The van der Waals surface area contributed by atoms with E-state index in [1.54, 1.807) is 6.20 Å². The summed E-state index contributed by atoms with van der Waals surface area (Å²) in [5.74, 6) is 0. The molecule has 2 heterocycles. The zero-order valence-electron chi connectivity index (χ0n) is 8.31. The average molecular weight is 220 g/mol. The average Bonchev–Trinajstić information content (AvgIpc) is 2.30. The molecule has 0 aliphatic carbocycles. The first-order valence-electron chi connectivity index (χ1n) is 4.73. The lowest BCUT2D eigenvalue weighted by Gasteiger charge is -2.06. The van der Waals surface area contributed by atoms with E-state index in [-0.39, 0.29) is 0 Å². The third-order valence-corrected chi connectivity index (χ3v) is 2.48. The second-order valence-electron chi connectivity index (χ2n) is 3.06. The number of halogens is 1. The van der Waals surface area contributed by atoms with E-state index in [1.165, 1.54) is 6.33 Å². The topological polar surface area (TPSA) is 38.7 Å². The van der Waals surface area contributed by atoms with Crippen LogP contribution in [0.15, 0.2) is 30.7 Å². The van der Waals surface area contributed by atoms with Gasteiger partial charge in [-0.15, -0.1) is 0 Å². The van der Waals surface area contributed by atoms with Crippen LogP contribution in [0.4, 0.5) is 0 Å². The fourth-order valence-corrected chi connectivity index (χ4v) is 1.69. The first kappa shape index (κ1) is 10.1. The summed E-state index contributed by atoms with van der Waals surface area (Å²) in [5.41, 5.74) is 2.59. The quantitative estimate of drug-likeness (QED) is 0.729. The molecule has 0 aliphatic heterocycles. The molecule has 0 unspecified atom stereocenters. The fourth-order valence-electron chi connectivity index (χ4n) is 1.43. The van der Waals surface area contributed by atoms with Crippen molar-refractivity contribution in [1.82, 2.24) is 15.0 Å². The Kier molecular flexibility index (Phi) is 2.92. The van der Waals surface area contributed by atoms with Gasteiger partial charge in [0.15, 0.2) is 0 Å². The summed E-state index contributed by atoms with van der Waals surface area (Å²) in [7, 11) is 0. The maximum Gasteiger partial charge on any atom is 0.136 e. The number of hydrogen-bond acceptors (Lipinski definition) is 3. The Morgan fingerprint density at radius 2 is 2.07 bits per heavy atom. The minimum Gasteiger partial charge on any atom is -0.255 e. The van der Waals surface area contributed by atoms with Gasteiger partial charge in [0.2, 0.25) is 0 Å². The largest absolute Gasteiger partial charge is 0.255 e. The molecule has 0 saturated carbocycles. The van der Waals surface area contributed by atoms with Gasteiger partial charge in [0.05, 0.1) is 11.4 Å². The lowest BCUT2D eigenvalue weighted by molar-refractivity contribution is 1.04. The molecule has 0 bridgehead atoms. The Hall–Kier alpha value is -1.48. The predicted octanol–water partition coefficient (Wildman–Crippen LogP) is 2.75. The zero-order chi connectivity index (χ0) is 10.7. The molecule has 0 saturated heterocycles. The lowest BCUT2D eigenvalue weighted by Crippen LogP contribution is -1.96. The van der Waals surface area contributed by atoms with E-state index in [0.717, 1.165) is 23.4 Å². The van der Waals surface area contributed by atoms with Crippen molar-refractivity contribution in [2.75, 3.05) is 0 Å². The molecular weight excluding hydrogens is 210 g/mol. The van der Waals surface area contributed by atoms with Crippen LogP contribution in [0.2, 0.25) is 5.15 Å². The standard InChI is InChI=1S/C11H10ClN3/c1-2-8-10(14-7-15-11(8)12)9-5-3-4-6-13-9/h3-7H,2H2,1H3. The number of pyridine rings is 1. The smallest absolute Gasteiger partial charge is 0.136 e. The van der Waals surface area contributed by atoms with Crippen LogP contribution in [-0.2, 0) is 6.42 Å². The normalized spacial score (nSPS) is 10.3. The summed E-state index contributed by atoms with van der Waals surface area (Å²) in [6.07, 6.45) is 4.00. The first-order valence-corrected chi connectivity index (χ1v) is 5.11. The molecule has 0 amide bonds. The Balaban J connectivity index is 2.58. The van der Waals surface area contributed by atoms with Crippen molar-refractivity contribution >= 4 is 11.6 Å². The van der Waals surface area contributed by atoms with Crippen LogP contribution >= 0.6 is 11.6 Å². The Bertz CT molecular complexity index is 457. The van der Waals surface area contributed by atoms with Gasteiger partial charge in [-0.05, 0) is 18.6 Å². The number of rotatable bonds is 2. The third kappa shape index (κ3) is 1.97. The maximum atomic E-state index is 6.00. The number of aromatic nitrogens is 3. The van der Waals surface area contributed by atoms with Gasteiger partial charge >= 0.3 is 0 Å². The van der Waals surface area contributed by atoms with E-state index in [0.29, 0.717) is 5.15 Å². The van der Waals surface area contributed by atoms with Gasteiger partial charge in [0.1, 0.15) is 11.5 Å². The minimum atomic E-state index is 0.508. The number of hydrogen-bond donors (Lipinski definition) is 0. The second kappa shape index (κ2) is 4.36. The Labute approximate surface area is 93.2 Å². The summed E-state index contributed by atoms with van der Waals surface area (Å²) in [6, 6.07) is 5.72. The van der Waals surface area contributed by atoms with Crippen molar-refractivity contribution in [3.05, 3.63) is 41.4 Å². The van der Waals surface area contributed by atoms with Crippen molar-refractivity contribution in [1.29, 1.82) is 0 Å². The molecule has 76 valence electrons. The van der Waals surface area contributed by atoms with E-state index >= 15 is 0 Å². The summed E-state index contributed by atoms with van der Waals surface area (Å²) < 4.78 is 0. The second-order valence-corrected chi connectivity index (χ2v) is 3.42. The monoisotopic (exact) mass is 219 g/mol. The van der Waals surface area contributed by atoms with Crippen LogP contribution in [0.3, 0.4) is 0 Å². The van der Waals surface area contributed by atoms with Crippen molar-refractivity contribution in [3.8, 4) is 11.4 Å². The van der Waals surface area contributed by atoms with Crippen LogP contribution in [0, 0.1) is 0 Å². The molecule has 2 aromatic heterocycles. The third-order valence-electron chi connectivity index (χ3n) is 2.15. The molecule has 0 aliphatic rings. The molecule has 0 atom stereocenters. The van der Waals surface area contributed by atoms with Crippen LogP contribution in [0.5, 0.6) is 0 Å². The van der Waals surface area contributed by atoms with Gasteiger partial charge in [-0.2, -0.15) is 0 Å². The molecule has 2 aromatic rings. The van der Waals surface area contributed by atoms with Gasteiger partial charge in [0, 0.05) is 11.8 Å². The van der Waals surface area contributed by atoms with E-state index < -0.39 is 0 Å². The molecule has 0 aromatic carbocycles. The van der Waals surface area contributed by atoms with Gasteiger partial charge in [-0.1, -0.05) is 24.6 Å². The highest BCUT2D eigenvalue weighted by molar-refractivity contribution is 6.30. The highest BCUT2D eigenvalue weighted by atomic mass is 35.5. The van der Waals surface area contributed by atoms with Gasteiger partial charge in [0.25, 0.3) is 0 Å². The Morgan fingerprint density at radius 3 is 2.73 bits per heavy atom. The summed E-state index contributed by atoms with van der Waals surface area (Å²) in [4.78, 5) is 12.4. The van der Waals surface area contributed by atoms with Gasteiger partial charge in [-0.3, -0.25) is 4.98 Å². The van der Waals surface area contributed by atoms with Gasteiger partial charge in [-0.25, -0.2) is 9.97 Å². The van der Waals surface area contributed by atoms with Gasteiger partial charge < -0.3 is 0 Å². The summed E-state index contributed by atoms with van der Waals surface area (Å²) >= 11 is 6.00. The van der Waals surface area contributed by atoms with E-state index in [1.807, 2.05) is 25.1 Å². The van der Waals surface area contributed by atoms with Crippen molar-refractivity contribution in [3.63, 3.8) is 0 Å². The molecule has 0 radical (unpaired) electrons. The molecule has 0 N–H and O–H groups in total. The van der Waals surface area contributed by atoms with E-state index in [2.05, 4.69) is 15.0 Å². The first-order chi connectivity index (χ1) is 7.33. The SMILES string of the molecule is CCc1c(Cl)ncnc1-c1ccccn1. The van der Waals surface area contributed by atoms with Crippen LogP contribution < -0.4 is 0 Å². The zero-order valence-corrected chi connectivity index (χ0v) is 9.07. The molecular formula is C11H10ClN3. The van der Waals surface area contributed by atoms with Crippen LogP contribution in [0.25, 0.3) is 11.4 Å². The lowest BCUT2D eigenvalue weighted by atomic mass is 10.1. The fraction of sp³-hybridized carbons (Fsp3) is 0.182. The summed E-state index contributed by atoms with van der Waals surface area (Å²) in [6.45, 7) is 2.02. The molecule has 0 spiro atoms. The maximum absolute atomic E-state index is 6.00. The molecule has 3 nitrogen and oxygen atoms in total. The minimum absolute atomic E-state index is 0.508. The summed E-state index contributed by atoms with van der Waals surface area (Å²) in [5, 5.41) is 0.508. The molecule has 2 rings (SSSR count). The van der Waals surface area contributed by atoms with Crippen LogP contribution in [0.1, 0.15) is 12.5 Å². The van der Waals surface area contributed by atoms with E-state index in [9.17, 15) is 0 Å². The van der Waals surface area contributed by atoms with E-state index in [4.69, 9.17) is 11.6 Å². The Morgan fingerprint density at radius 1 is 1.20 bits per heavy atom. The van der Waals surface area contributed by atoms with Crippen molar-refractivity contribution in [2.24, 2.45) is 0 Å². The molecule has 15 heavy (non-hydrogen) atoms. The molecule has 4 heteroatoms. The van der Waals surface area contributed by atoms with Crippen molar-refractivity contribution in [2.45, 2.75) is 13.3 Å². The van der Waals surface area contributed by atoms with Crippen LogP contribution in [-0.4, -0.2) is 15.0 Å². The highest BCUT2D eigenvalue weighted by Crippen LogP contribution is 2.23. The predicted molar refractivity (Wildman–Crippen MR) is 59.7 cm³/mol. The number of nitrogens with zero attached hydrogens (tertiary/aromatic N) is 3. The molecule has 0 fully saturated rings. The highest BCUT2D eigenvalue weighted by Gasteiger charge is 2.10. The van der Waals surface area contributed by atoms with Crippen molar-refractivity contribution < 1.29 is 0 Å².